The van der Waals surface area contributed by atoms with Gasteiger partial charge in [-0.1, -0.05) is 26.7 Å². The van der Waals surface area contributed by atoms with Gasteiger partial charge in [-0.3, -0.25) is 4.79 Å². The number of carboxylic acid groups (broad SMARTS) is 1. The number of hydrogen-bond donors (Lipinski definition) is 1. The molecule has 0 bridgehead atoms. The lowest BCUT2D eigenvalue weighted by molar-refractivity contribution is -0.135. The maximum absolute atomic E-state index is 11.1. The lowest BCUT2D eigenvalue weighted by Crippen LogP contribution is -2.38. The fourth-order valence-electron chi connectivity index (χ4n) is 2.59. The second kappa shape index (κ2) is 5.99. The van der Waals surface area contributed by atoms with Gasteiger partial charge in [0.15, 0.2) is 0 Å². The van der Waals surface area contributed by atoms with Crippen molar-refractivity contribution in [1.29, 1.82) is 0 Å². The van der Waals surface area contributed by atoms with E-state index in [0.29, 0.717) is 12.0 Å². The van der Waals surface area contributed by atoms with Gasteiger partial charge in [0.2, 0.25) is 0 Å². The Morgan fingerprint density at radius 2 is 2.11 bits per heavy atom. The third kappa shape index (κ3) is 3.43. The van der Waals surface area contributed by atoms with Crippen LogP contribution in [0.1, 0.15) is 51.1 Å². The van der Waals surface area contributed by atoms with Crippen LogP contribution in [0, 0.1) is 0 Å². The minimum Gasteiger partial charge on any atom is -0.480 e. The van der Waals surface area contributed by atoms with Crippen molar-refractivity contribution in [3.8, 4) is 0 Å². The van der Waals surface area contributed by atoms with Gasteiger partial charge in [-0.05, 0) is 18.8 Å². The lowest BCUT2D eigenvalue weighted by atomic mass is 10.1. The maximum Gasteiger partial charge on any atom is 0.323 e. The van der Waals surface area contributed by atoms with Crippen LogP contribution in [-0.4, -0.2) is 33.6 Å². The molecule has 5 heteroatoms. The minimum atomic E-state index is -0.809. The highest BCUT2D eigenvalue weighted by atomic mass is 16.4. The summed E-state index contributed by atoms with van der Waals surface area (Å²) in [5, 5.41) is 9.10. The summed E-state index contributed by atoms with van der Waals surface area (Å²) in [6.45, 7) is 4.16. The molecule has 1 aliphatic rings. The van der Waals surface area contributed by atoms with E-state index in [4.69, 9.17) is 5.11 Å². The van der Waals surface area contributed by atoms with Crippen molar-refractivity contribution < 1.29 is 9.90 Å². The molecule has 1 aromatic rings. The summed E-state index contributed by atoms with van der Waals surface area (Å²) in [7, 11) is 0. The van der Waals surface area contributed by atoms with Crippen LogP contribution in [-0.2, 0) is 4.79 Å². The maximum atomic E-state index is 11.1. The molecular weight excluding hydrogens is 242 g/mol. The molecule has 1 N–H and O–H groups in total. The van der Waals surface area contributed by atoms with E-state index < -0.39 is 5.97 Å². The molecule has 0 radical (unpaired) electrons. The second-order valence-electron chi connectivity index (χ2n) is 5.42. The Bertz CT molecular complexity index is 442. The monoisotopic (exact) mass is 263 g/mol. The molecule has 0 aromatic carbocycles. The number of anilines is 1. The lowest BCUT2D eigenvalue weighted by Gasteiger charge is -2.28. The standard InChI is InChI=1S/C14H21N3O2/c1-10(2)12-7-13(16-9-15-12)17(8-14(18)19)11-5-3-4-6-11/h7,9-11H,3-6,8H2,1-2H3,(H,18,19). The third-order valence-electron chi connectivity index (χ3n) is 3.63. The molecule has 5 nitrogen and oxygen atoms in total. The van der Waals surface area contributed by atoms with Crippen molar-refractivity contribution >= 4 is 11.8 Å². The first-order valence-corrected chi connectivity index (χ1v) is 6.88. The largest absolute Gasteiger partial charge is 0.480 e. The van der Waals surface area contributed by atoms with Crippen LogP contribution >= 0.6 is 0 Å². The zero-order valence-electron chi connectivity index (χ0n) is 11.5. The molecule has 19 heavy (non-hydrogen) atoms. The highest BCUT2D eigenvalue weighted by molar-refractivity contribution is 5.73. The summed E-state index contributed by atoms with van der Waals surface area (Å²) < 4.78 is 0. The zero-order valence-corrected chi connectivity index (χ0v) is 11.5. The molecule has 1 fully saturated rings. The van der Waals surface area contributed by atoms with Crippen LogP contribution < -0.4 is 4.90 Å². The number of carboxylic acids is 1. The van der Waals surface area contributed by atoms with E-state index in [1.54, 1.807) is 0 Å². The molecule has 1 saturated carbocycles. The summed E-state index contributed by atoms with van der Waals surface area (Å²) in [6, 6.07) is 2.22. The molecule has 104 valence electrons. The Morgan fingerprint density at radius 1 is 1.42 bits per heavy atom. The van der Waals surface area contributed by atoms with Gasteiger partial charge < -0.3 is 10.0 Å². The van der Waals surface area contributed by atoms with E-state index >= 15 is 0 Å². The number of hydrogen-bond acceptors (Lipinski definition) is 4. The van der Waals surface area contributed by atoms with Crippen LogP contribution in [0.2, 0.25) is 0 Å². The number of aromatic nitrogens is 2. The Morgan fingerprint density at radius 3 is 2.68 bits per heavy atom. The SMILES string of the molecule is CC(C)c1cc(N(CC(=O)O)C2CCCC2)ncn1. The summed E-state index contributed by atoms with van der Waals surface area (Å²) in [4.78, 5) is 21.5. The molecule has 0 unspecified atom stereocenters. The van der Waals surface area contributed by atoms with Gasteiger partial charge in [-0.2, -0.15) is 0 Å². The molecular formula is C14H21N3O2. The molecule has 2 rings (SSSR count). The van der Waals surface area contributed by atoms with E-state index in [1.165, 1.54) is 19.2 Å². The third-order valence-corrected chi connectivity index (χ3v) is 3.63. The first-order valence-electron chi connectivity index (χ1n) is 6.88. The molecule has 1 aliphatic carbocycles. The normalized spacial score (nSPS) is 15.9. The second-order valence-corrected chi connectivity index (χ2v) is 5.42. The van der Waals surface area contributed by atoms with Gasteiger partial charge >= 0.3 is 5.97 Å². The Hall–Kier alpha value is -1.65. The predicted molar refractivity (Wildman–Crippen MR) is 73.4 cm³/mol. The Labute approximate surface area is 113 Å². The number of nitrogens with zero attached hydrogens (tertiary/aromatic N) is 3. The number of aliphatic carboxylic acids is 1. The Kier molecular flexibility index (Phi) is 4.35. The summed E-state index contributed by atoms with van der Waals surface area (Å²) in [6.07, 6.45) is 5.98. The quantitative estimate of drug-likeness (QED) is 0.883. The van der Waals surface area contributed by atoms with Crippen molar-refractivity contribution in [2.24, 2.45) is 0 Å². The summed E-state index contributed by atoms with van der Waals surface area (Å²) >= 11 is 0. The highest BCUT2D eigenvalue weighted by Crippen LogP contribution is 2.27. The fraction of sp³-hybridized carbons (Fsp3) is 0.643. The molecule has 0 amide bonds. The van der Waals surface area contributed by atoms with Crippen molar-refractivity contribution in [2.75, 3.05) is 11.4 Å². The van der Waals surface area contributed by atoms with Crippen LogP contribution in [0.3, 0.4) is 0 Å². The smallest absolute Gasteiger partial charge is 0.323 e. The highest BCUT2D eigenvalue weighted by Gasteiger charge is 2.25. The number of rotatable bonds is 5. The van der Waals surface area contributed by atoms with Crippen LogP contribution in [0.15, 0.2) is 12.4 Å². The van der Waals surface area contributed by atoms with Crippen LogP contribution in [0.25, 0.3) is 0 Å². The molecule has 1 heterocycles. The number of carbonyl (C=O) groups is 1. The van der Waals surface area contributed by atoms with Crippen molar-refractivity contribution in [3.05, 3.63) is 18.1 Å². The van der Waals surface area contributed by atoms with E-state index in [-0.39, 0.29) is 6.54 Å². The Balaban J connectivity index is 2.25. The van der Waals surface area contributed by atoms with E-state index in [2.05, 4.69) is 23.8 Å². The van der Waals surface area contributed by atoms with Crippen LogP contribution in [0.4, 0.5) is 5.82 Å². The van der Waals surface area contributed by atoms with Gasteiger partial charge in [-0.15, -0.1) is 0 Å². The molecule has 0 saturated heterocycles. The first-order chi connectivity index (χ1) is 9.08. The average Bonchev–Trinajstić information content (AvgIpc) is 2.89. The van der Waals surface area contributed by atoms with Gasteiger partial charge in [0.1, 0.15) is 18.7 Å². The van der Waals surface area contributed by atoms with Gasteiger partial charge in [0.05, 0.1) is 0 Å². The minimum absolute atomic E-state index is 0.0131. The first kappa shape index (κ1) is 13.8. The van der Waals surface area contributed by atoms with Crippen molar-refractivity contribution in [1.82, 2.24) is 9.97 Å². The van der Waals surface area contributed by atoms with Crippen molar-refractivity contribution in [2.45, 2.75) is 51.5 Å². The molecule has 0 atom stereocenters. The summed E-state index contributed by atoms with van der Waals surface area (Å²) in [5.41, 5.74) is 0.957. The molecule has 0 spiro atoms. The van der Waals surface area contributed by atoms with E-state index in [0.717, 1.165) is 24.4 Å². The van der Waals surface area contributed by atoms with E-state index in [1.807, 2.05) is 11.0 Å². The molecule has 0 aliphatic heterocycles. The summed E-state index contributed by atoms with van der Waals surface area (Å²) in [5.74, 6) is 0.251. The van der Waals surface area contributed by atoms with Crippen molar-refractivity contribution in [3.63, 3.8) is 0 Å². The molecule has 1 aromatic heterocycles. The van der Waals surface area contributed by atoms with Gasteiger partial charge in [0, 0.05) is 17.8 Å². The van der Waals surface area contributed by atoms with Gasteiger partial charge in [-0.25, -0.2) is 9.97 Å². The fourth-order valence-corrected chi connectivity index (χ4v) is 2.59. The van der Waals surface area contributed by atoms with Crippen LogP contribution in [0.5, 0.6) is 0 Å². The van der Waals surface area contributed by atoms with Gasteiger partial charge in [0.25, 0.3) is 0 Å². The predicted octanol–water partition coefficient (Wildman–Crippen LogP) is 2.43. The topological polar surface area (TPSA) is 66.3 Å². The van der Waals surface area contributed by atoms with E-state index in [9.17, 15) is 4.79 Å². The average molecular weight is 263 g/mol. The zero-order chi connectivity index (χ0) is 13.8.